The Kier molecular flexibility index (Phi) is 4.19. The van der Waals surface area contributed by atoms with Crippen molar-refractivity contribution in [3.05, 3.63) is 35.9 Å². The SMILES string of the molecule is CC1(C)CC(NCc2ccccc2)CCC1(C)C(=O)O. The maximum Gasteiger partial charge on any atom is 0.309 e. The van der Waals surface area contributed by atoms with E-state index in [1.807, 2.05) is 25.1 Å². The summed E-state index contributed by atoms with van der Waals surface area (Å²) in [4.78, 5) is 11.6. The lowest BCUT2D eigenvalue weighted by Gasteiger charge is -2.48. The third-order valence-electron chi connectivity index (χ3n) is 5.15. The standard InChI is InChI=1S/C17H25NO2/c1-16(2)11-14(9-10-17(16,3)15(19)20)18-12-13-7-5-4-6-8-13/h4-8,14,18H,9-12H2,1-3H3,(H,19,20). The quantitative estimate of drug-likeness (QED) is 0.885. The molecule has 1 aliphatic carbocycles. The highest BCUT2D eigenvalue weighted by Gasteiger charge is 2.50. The van der Waals surface area contributed by atoms with E-state index < -0.39 is 11.4 Å². The normalized spacial score (nSPS) is 29.1. The van der Waals surface area contributed by atoms with Crippen molar-refractivity contribution in [3.8, 4) is 0 Å². The zero-order valence-corrected chi connectivity index (χ0v) is 12.6. The Labute approximate surface area is 121 Å². The van der Waals surface area contributed by atoms with E-state index in [9.17, 15) is 9.90 Å². The summed E-state index contributed by atoms with van der Waals surface area (Å²) in [6.07, 6.45) is 2.57. The lowest BCUT2D eigenvalue weighted by molar-refractivity contribution is -0.159. The molecule has 1 fully saturated rings. The van der Waals surface area contributed by atoms with Crippen LogP contribution in [-0.4, -0.2) is 17.1 Å². The second-order valence-electron chi connectivity index (χ2n) is 6.83. The van der Waals surface area contributed by atoms with Gasteiger partial charge in [0.15, 0.2) is 0 Å². The van der Waals surface area contributed by atoms with Gasteiger partial charge in [-0.1, -0.05) is 44.2 Å². The van der Waals surface area contributed by atoms with E-state index in [-0.39, 0.29) is 5.41 Å². The Hall–Kier alpha value is -1.35. The summed E-state index contributed by atoms with van der Waals surface area (Å²) in [6, 6.07) is 10.7. The third kappa shape index (κ3) is 2.88. The highest BCUT2D eigenvalue weighted by atomic mass is 16.4. The highest BCUT2D eigenvalue weighted by Crippen LogP contribution is 2.50. The van der Waals surface area contributed by atoms with Gasteiger partial charge in [0.1, 0.15) is 0 Å². The number of carboxylic acids is 1. The molecule has 0 heterocycles. The summed E-state index contributed by atoms with van der Waals surface area (Å²) < 4.78 is 0. The largest absolute Gasteiger partial charge is 0.481 e. The van der Waals surface area contributed by atoms with E-state index >= 15 is 0 Å². The van der Waals surface area contributed by atoms with Crippen LogP contribution in [-0.2, 0) is 11.3 Å². The fraction of sp³-hybridized carbons (Fsp3) is 0.588. The van der Waals surface area contributed by atoms with Crippen LogP contribution in [0.25, 0.3) is 0 Å². The van der Waals surface area contributed by atoms with Crippen LogP contribution in [0.2, 0.25) is 0 Å². The van der Waals surface area contributed by atoms with Crippen LogP contribution >= 0.6 is 0 Å². The molecule has 110 valence electrons. The number of rotatable bonds is 4. The number of nitrogens with one attached hydrogen (secondary N) is 1. The topological polar surface area (TPSA) is 49.3 Å². The molecule has 0 aliphatic heterocycles. The summed E-state index contributed by atoms with van der Waals surface area (Å²) >= 11 is 0. The number of hydrogen-bond acceptors (Lipinski definition) is 2. The molecule has 1 aliphatic rings. The van der Waals surface area contributed by atoms with E-state index in [0.717, 1.165) is 25.8 Å². The molecule has 0 spiro atoms. The highest BCUT2D eigenvalue weighted by molar-refractivity contribution is 5.75. The predicted molar refractivity (Wildman–Crippen MR) is 80.4 cm³/mol. The van der Waals surface area contributed by atoms with Gasteiger partial charge in [-0.05, 0) is 37.2 Å². The van der Waals surface area contributed by atoms with Crippen molar-refractivity contribution in [2.45, 2.75) is 52.6 Å². The molecule has 2 rings (SSSR count). The van der Waals surface area contributed by atoms with Crippen LogP contribution in [0.15, 0.2) is 30.3 Å². The predicted octanol–water partition coefficient (Wildman–Crippen LogP) is 3.45. The summed E-state index contributed by atoms with van der Waals surface area (Å²) in [5.41, 5.74) is 0.473. The van der Waals surface area contributed by atoms with Gasteiger partial charge in [-0.15, -0.1) is 0 Å². The molecule has 3 nitrogen and oxygen atoms in total. The molecule has 2 N–H and O–H groups in total. The molecule has 0 radical (unpaired) electrons. The lowest BCUT2D eigenvalue weighted by atomic mass is 9.57. The molecule has 0 amide bonds. The van der Waals surface area contributed by atoms with Crippen molar-refractivity contribution in [1.82, 2.24) is 5.32 Å². The van der Waals surface area contributed by atoms with Crippen LogP contribution in [0.1, 0.15) is 45.6 Å². The minimum Gasteiger partial charge on any atom is -0.481 e. The Morgan fingerprint density at radius 3 is 2.50 bits per heavy atom. The molecule has 1 saturated carbocycles. The monoisotopic (exact) mass is 275 g/mol. The molecule has 0 aromatic heterocycles. The van der Waals surface area contributed by atoms with E-state index in [1.165, 1.54) is 5.56 Å². The van der Waals surface area contributed by atoms with Crippen LogP contribution < -0.4 is 5.32 Å². The van der Waals surface area contributed by atoms with Gasteiger partial charge >= 0.3 is 5.97 Å². The summed E-state index contributed by atoms with van der Waals surface area (Å²) in [6.45, 7) is 6.91. The zero-order chi connectivity index (χ0) is 14.8. The fourth-order valence-electron chi connectivity index (χ4n) is 3.17. The molecule has 0 saturated heterocycles. The fourth-order valence-corrected chi connectivity index (χ4v) is 3.17. The van der Waals surface area contributed by atoms with Crippen LogP contribution in [0, 0.1) is 10.8 Å². The van der Waals surface area contributed by atoms with Crippen molar-refractivity contribution in [2.24, 2.45) is 10.8 Å². The number of carbonyl (C=O) groups is 1. The summed E-state index contributed by atoms with van der Waals surface area (Å²) in [5.74, 6) is -0.663. The lowest BCUT2D eigenvalue weighted by Crippen LogP contribution is -2.50. The first-order valence-corrected chi connectivity index (χ1v) is 7.36. The average Bonchev–Trinajstić information content (AvgIpc) is 2.41. The van der Waals surface area contributed by atoms with Gasteiger partial charge in [0.25, 0.3) is 0 Å². The molecular weight excluding hydrogens is 250 g/mol. The van der Waals surface area contributed by atoms with Crippen molar-refractivity contribution in [3.63, 3.8) is 0 Å². The minimum atomic E-state index is -0.663. The second kappa shape index (κ2) is 5.57. The summed E-state index contributed by atoms with van der Waals surface area (Å²) in [7, 11) is 0. The van der Waals surface area contributed by atoms with E-state index in [0.29, 0.717) is 6.04 Å². The molecule has 3 heteroatoms. The molecule has 0 bridgehead atoms. The van der Waals surface area contributed by atoms with Gasteiger partial charge in [0.2, 0.25) is 0 Å². The molecule has 1 aromatic rings. The van der Waals surface area contributed by atoms with Crippen molar-refractivity contribution >= 4 is 5.97 Å². The first-order chi connectivity index (χ1) is 9.35. The van der Waals surface area contributed by atoms with Crippen LogP contribution in [0.4, 0.5) is 0 Å². The van der Waals surface area contributed by atoms with Crippen molar-refractivity contribution in [2.75, 3.05) is 0 Å². The van der Waals surface area contributed by atoms with Crippen LogP contribution in [0.3, 0.4) is 0 Å². The number of carboxylic acid groups (broad SMARTS) is 1. The number of hydrogen-bond donors (Lipinski definition) is 2. The Bertz CT molecular complexity index is 469. The minimum absolute atomic E-state index is 0.189. The molecule has 2 unspecified atom stereocenters. The number of aliphatic carboxylic acids is 1. The molecule has 1 aromatic carbocycles. The first kappa shape index (κ1) is 15.0. The second-order valence-corrected chi connectivity index (χ2v) is 6.83. The zero-order valence-electron chi connectivity index (χ0n) is 12.6. The van der Waals surface area contributed by atoms with Gasteiger partial charge in [0, 0.05) is 12.6 Å². The van der Waals surface area contributed by atoms with Gasteiger partial charge in [0.05, 0.1) is 5.41 Å². The summed E-state index contributed by atoms with van der Waals surface area (Å²) in [5, 5.41) is 13.1. The van der Waals surface area contributed by atoms with Crippen molar-refractivity contribution in [1.29, 1.82) is 0 Å². The molecule has 20 heavy (non-hydrogen) atoms. The van der Waals surface area contributed by atoms with Gasteiger partial charge in [-0.25, -0.2) is 0 Å². The average molecular weight is 275 g/mol. The molecular formula is C17H25NO2. The van der Waals surface area contributed by atoms with Gasteiger partial charge in [-0.2, -0.15) is 0 Å². The third-order valence-corrected chi connectivity index (χ3v) is 5.15. The van der Waals surface area contributed by atoms with E-state index in [1.54, 1.807) is 0 Å². The first-order valence-electron chi connectivity index (χ1n) is 7.36. The number of benzene rings is 1. The smallest absolute Gasteiger partial charge is 0.309 e. The Balaban J connectivity index is 1.96. The molecule has 2 atom stereocenters. The Morgan fingerprint density at radius 1 is 1.30 bits per heavy atom. The maximum atomic E-state index is 11.6. The van der Waals surface area contributed by atoms with E-state index in [2.05, 4.69) is 31.3 Å². The van der Waals surface area contributed by atoms with E-state index in [4.69, 9.17) is 0 Å². The van der Waals surface area contributed by atoms with Gasteiger partial charge in [-0.3, -0.25) is 4.79 Å². The Morgan fingerprint density at radius 2 is 1.95 bits per heavy atom. The van der Waals surface area contributed by atoms with Crippen molar-refractivity contribution < 1.29 is 9.90 Å². The van der Waals surface area contributed by atoms with Gasteiger partial charge < -0.3 is 10.4 Å². The van der Waals surface area contributed by atoms with Crippen LogP contribution in [0.5, 0.6) is 0 Å². The maximum absolute atomic E-state index is 11.6.